The van der Waals surface area contributed by atoms with E-state index in [0.717, 1.165) is 29.9 Å². The Bertz CT molecular complexity index is 829. The second kappa shape index (κ2) is 6.74. The average Bonchev–Trinajstić information content (AvgIpc) is 3.22. The van der Waals surface area contributed by atoms with Crippen molar-refractivity contribution in [3.05, 3.63) is 41.2 Å². The normalized spacial score (nSPS) is 22.3. The van der Waals surface area contributed by atoms with E-state index in [2.05, 4.69) is 45.3 Å². The van der Waals surface area contributed by atoms with Gasteiger partial charge in [0.05, 0.1) is 11.7 Å². The number of nitrogens with one attached hydrogen (secondary N) is 3. The summed E-state index contributed by atoms with van der Waals surface area (Å²) >= 11 is 0. The van der Waals surface area contributed by atoms with Crippen LogP contribution in [0.2, 0.25) is 0 Å². The molecule has 7 heteroatoms. The third-order valence-electron chi connectivity index (χ3n) is 5.35. The first-order valence-corrected chi connectivity index (χ1v) is 9.17. The summed E-state index contributed by atoms with van der Waals surface area (Å²) in [6.07, 6.45) is 4.99. The molecule has 0 aliphatic carbocycles. The number of benzene rings is 1. The van der Waals surface area contributed by atoms with Crippen LogP contribution in [0.4, 0.5) is 11.4 Å². The molecule has 2 aliphatic heterocycles. The van der Waals surface area contributed by atoms with Crippen molar-refractivity contribution < 1.29 is 4.79 Å². The standard InChI is InChI=1S/C19H26N6O/c1-12-15(11-25(3)23-12)16-10-17(22-21-16)19(26)20-14-7-6-13-5-4-8-24(2)18(13)9-14/h6-7,9,11,16-17,21-22H,4-5,8,10H2,1-3H3,(H,20,26). The summed E-state index contributed by atoms with van der Waals surface area (Å²) in [6.45, 7) is 3.05. The van der Waals surface area contributed by atoms with Crippen LogP contribution >= 0.6 is 0 Å². The van der Waals surface area contributed by atoms with Crippen molar-refractivity contribution in [1.82, 2.24) is 20.6 Å². The highest BCUT2D eigenvalue weighted by Crippen LogP contribution is 2.29. The van der Waals surface area contributed by atoms with E-state index in [4.69, 9.17) is 0 Å². The van der Waals surface area contributed by atoms with Gasteiger partial charge in [-0.3, -0.25) is 9.48 Å². The molecule has 7 nitrogen and oxygen atoms in total. The highest BCUT2D eigenvalue weighted by atomic mass is 16.2. The van der Waals surface area contributed by atoms with Gasteiger partial charge in [-0.2, -0.15) is 5.10 Å². The van der Waals surface area contributed by atoms with Crippen molar-refractivity contribution >= 4 is 17.3 Å². The van der Waals surface area contributed by atoms with Crippen LogP contribution in [-0.4, -0.2) is 35.3 Å². The van der Waals surface area contributed by atoms with Gasteiger partial charge in [0.25, 0.3) is 0 Å². The molecular formula is C19H26N6O. The number of hydrogen-bond acceptors (Lipinski definition) is 5. The van der Waals surface area contributed by atoms with E-state index in [1.54, 1.807) is 0 Å². The number of nitrogens with zero attached hydrogens (tertiary/aromatic N) is 3. The molecule has 3 heterocycles. The van der Waals surface area contributed by atoms with E-state index >= 15 is 0 Å². The highest BCUT2D eigenvalue weighted by Gasteiger charge is 2.32. The van der Waals surface area contributed by atoms with Crippen LogP contribution in [0.5, 0.6) is 0 Å². The number of fused-ring (bicyclic) bond motifs is 1. The minimum atomic E-state index is -0.270. The maximum atomic E-state index is 12.7. The fraction of sp³-hybridized carbons (Fsp3) is 0.474. The Morgan fingerprint density at radius 3 is 2.92 bits per heavy atom. The molecule has 1 aromatic heterocycles. The van der Waals surface area contributed by atoms with Crippen LogP contribution in [0.15, 0.2) is 24.4 Å². The monoisotopic (exact) mass is 354 g/mol. The summed E-state index contributed by atoms with van der Waals surface area (Å²) in [6, 6.07) is 6.03. The van der Waals surface area contributed by atoms with Crippen molar-refractivity contribution in [2.45, 2.75) is 38.3 Å². The fourth-order valence-corrected chi connectivity index (χ4v) is 3.96. The average molecular weight is 354 g/mol. The Morgan fingerprint density at radius 2 is 2.15 bits per heavy atom. The van der Waals surface area contributed by atoms with Crippen molar-refractivity contribution in [3.8, 4) is 0 Å². The zero-order chi connectivity index (χ0) is 18.3. The van der Waals surface area contributed by atoms with Gasteiger partial charge in [0, 0.05) is 43.8 Å². The van der Waals surface area contributed by atoms with Crippen LogP contribution in [0.3, 0.4) is 0 Å². The lowest BCUT2D eigenvalue weighted by Crippen LogP contribution is -2.39. The van der Waals surface area contributed by atoms with Crippen molar-refractivity contribution in [2.24, 2.45) is 7.05 Å². The molecule has 0 radical (unpaired) electrons. The van der Waals surface area contributed by atoms with Crippen LogP contribution < -0.4 is 21.1 Å². The zero-order valence-electron chi connectivity index (χ0n) is 15.5. The van der Waals surface area contributed by atoms with E-state index in [1.165, 1.54) is 17.7 Å². The Morgan fingerprint density at radius 1 is 1.31 bits per heavy atom. The minimum Gasteiger partial charge on any atom is -0.374 e. The molecule has 1 aromatic carbocycles. The lowest BCUT2D eigenvalue weighted by atomic mass is 10.0. The van der Waals surface area contributed by atoms with E-state index in [1.807, 2.05) is 30.9 Å². The quantitative estimate of drug-likeness (QED) is 0.782. The maximum absolute atomic E-state index is 12.7. The molecule has 1 fully saturated rings. The summed E-state index contributed by atoms with van der Waals surface area (Å²) in [5, 5.41) is 7.44. The molecule has 26 heavy (non-hydrogen) atoms. The number of hydrogen-bond donors (Lipinski definition) is 3. The topological polar surface area (TPSA) is 74.2 Å². The molecule has 0 bridgehead atoms. The molecule has 0 saturated carbocycles. The van der Waals surface area contributed by atoms with Crippen LogP contribution in [-0.2, 0) is 18.3 Å². The first-order valence-electron chi connectivity index (χ1n) is 9.17. The molecule has 138 valence electrons. The Hall–Kier alpha value is -2.38. The SMILES string of the molecule is Cc1nn(C)cc1C1CC(C(=O)Nc2ccc3c(c2)N(C)CCC3)NN1. The summed E-state index contributed by atoms with van der Waals surface area (Å²) in [5.41, 5.74) is 11.9. The number of aryl methyl sites for hydroxylation is 3. The van der Waals surface area contributed by atoms with E-state index in [0.29, 0.717) is 6.42 Å². The molecule has 2 unspecified atom stereocenters. The Kier molecular flexibility index (Phi) is 4.42. The minimum absolute atomic E-state index is 0.0139. The molecule has 2 aromatic rings. The number of aromatic nitrogens is 2. The zero-order valence-corrected chi connectivity index (χ0v) is 15.5. The van der Waals surface area contributed by atoms with Crippen LogP contribution in [0, 0.1) is 6.92 Å². The lowest BCUT2D eigenvalue weighted by Gasteiger charge is -2.28. The number of anilines is 2. The molecule has 1 amide bonds. The molecule has 2 atom stereocenters. The van der Waals surface area contributed by atoms with Gasteiger partial charge in [0.2, 0.25) is 5.91 Å². The molecule has 4 rings (SSSR count). The largest absolute Gasteiger partial charge is 0.374 e. The molecule has 1 saturated heterocycles. The summed E-state index contributed by atoms with van der Waals surface area (Å²) in [7, 11) is 4.02. The van der Waals surface area contributed by atoms with E-state index in [9.17, 15) is 4.79 Å². The van der Waals surface area contributed by atoms with Crippen molar-refractivity contribution in [3.63, 3.8) is 0 Å². The first kappa shape index (κ1) is 17.1. The molecule has 3 N–H and O–H groups in total. The second-order valence-electron chi connectivity index (χ2n) is 7.33. The number of amides is 1. The van der Waals surface area contributed by atoms with Gasteiger partial charge in [-0.25, -0.2) is 10.9 Å². The predicted octanol–water partition coefficient (Wildman–Crippen LogP) is 1.66. The van der Waals surface area contributed by atoms with E-state index in [-0.39, 0.29) is 18.0 Å². The molecular weight excluding hydrogens is 328 g/mol. The predicted molar refractivity (Wildman–Crippen MR) is 102 cm³/mol. The summed E-state index contributed by atoms with van der Waals surface area (Å²) in [5.74, 6) is -0.0139. The van der Waals surface area contributed by atoms with Gasteiger partial charge < -0.3 is 10.2 Å². The number of carbonyl (C=O) groups excluding carboxylic acids is 1. The van der Waals surface area contributed by atoms with Crippen molar-refractivity contribution in [2.75, 3.05) is 23.8 Å². The van der Waals surface area contributed by atoms with Crippen LogP contribution in [0.1, 0.15) is 35.7 Å². The third-order valence-corrected chi connectivity index (χ3v) is 5.35. The van der Waals surface area contributed by atoms with Gasteiger partial charge in [0.15, 0.2) is 0 Å². The van der Waals surface area contributed by atoms with Crippen molar-refractivity contribution in [1.29, 1.82) is 0 Å². The number of hydrazine groups is 1. The van der Waals surface area contributed by atoms with Gasteiger partial charge >= 0.3 is 0 Å². The number of carbonyl (C=O) groups is 1. The van der Waals surface area contributed by atoms with E-state index < -0.39 is 0 Å². The first-order chi connectivity index (χ1) is 12.5. The molecule has 2 aliphatic rings. The number of rotatable bonds is 3. The summed E-state index contributed by atoms with van der Waals surface area (Å²) in [4.78, 5) is 14.9. The second-order valence-corrected chi connectivity index (χ2v) is 7.33. The lowest BCUT2D eigenvalue weighted by molar-refractivity contribution is -0.117. The highest BCUT2D eigenvalue weighted by molar-refractivity contribution is 5.95. The van der Waals surface area contributed by atoms with Gasteiger partial charge in [-0.05, 0) is 43.9 Å². The van der Waals surface area contributed by atoms with Gasteiger partial charge in [-0.15, -0.1) is 0 Å². The summed E-state index contributed by atoms with van der Waals surface area (Å²) < 4.78 is 1.81. The maximum Gasteiger partial charge on any atom is 0.242 e. The smallest absolute Gasteiger partial charge is 0.242 e. The fourth-order valence-electron chi connectivity index (χ4n) is 3.96. The van der Waals surface area contributed by atoms with Gasteiger partial charge in [0.1, 0.15) is 6.04 Å². The van der Waals surface area contributed by atoms with Gasteiger partial charge in [-0.1, -0.05) is 6.07 Å². The van der Waals surface area contributed by atoms with Crippen LogP contribution in [0.25, 0.3) is 0 Å². The third kappa shape index (κ3) is 3.20. The Labute approximate surface area is 153 Å². The Balaban J connectivity index is 1.43. The molecule has 0 spiro atoms.